The molecule has 0 aliphatic rings. The van der Waals surface area contributed by atoms with Crippen molar-refractivity contribution in [2.45, 2.75) is 6.92 Å². The topological polar surface area (TPSA) is 67.2 Å². The minimum absolute atomic E-state index is 0.192. The SMILES string of the molecule is Cc1ccnc(NC(=S)NC(=O)C=Cc2ccco2)c1. The average Bonchev–Trinajstić information content (AvgIpc) is 2.89. The lowest BCUT2D eigenvalue weighted by Crippen LogP contribution is -2.33. The van der Waals surface area contributed by atoms with E-state index in [4.69, 9.17) is 16.6 Å². The first-order valence-electron chi connectivity index (χ1n) is 5.90. The van der Waals surface area contributed by atoms with Crippen molar-refractivity contribution in [3.05, 3.63) is 54.1 Å². The highest BCUT2D eigenvalue weighted by Crippen LogP contribution is 2.05. The van der Waals surface area contributed by atoms with Crippen molar-refractivity contribution < 1.29 is 9.21 Å². The Kier molecular flexibility index (Phi) is 4.62. The van der Waals surface area contributed by atoms with Crippen molar-refractivity contribution >= 4 is 35.1 Å². The number of hydrogen-bond acceptors (Lipinski definition) is 4. The molecule has 0 fully saturated rings. The van der Waals surface area contributed by atoms with Gasteiger partial charge in [-0.1, -0.05) is 0 Å². The van der Waals surface area contributed by atoms with Crippen LogP contribution in [0.4, 0.5) is 5.82 Å². The van der Waals surface area contributed by atoms with E-state index in [-0.39, 0.29) is 11.0 Å². The highest BCUT2D eigenvalue weighted by Gasteiger charge is 2.02. The van der Waals surface area contributed by atoms with Crippen LogP contribution < -0.4 is 10.6 Å². The second kappa shape index (κ2) is 6.63. The van der Waals surface area contributed by atoms with Crippen LogP contribution in [0.1, 0.15) is 11.3 Å². The second-order valence-corrected chi connectivity index (χ2v) is 4.42. The molecule has 2 N–H and O–H groups in total. The number of carbonyl (C=O) groups is 1. The summed E-state index contributed by atoms with van der Waals surface area (Å²) in [5.74, 6) is 0.844. The molecule has 5 nitrogen and oxygen atoms in total. The van der Waals surface area contributed by atoms with Crippen LogP contribution in [0.5, 0.6) is 0 Å². The van der Waals surface area contributed by atoms with E-state index in [1.807, 2.05) is 19.1 Å². The van der Waals surface area contributed by atoms with E-state index < -0.39 is 0 Å². The fourth-order valence-electron chi connectivity index (χ4n) is 1.45. The molecule has 0 saturated carbocycles. The van der Waals surface area contributed by atoms with Gasteiger partial charge in [-0.15, -0.1) is 0 Å². The Morgan fingerprint density at radius 1 is 1.45 bits per heavy atom. The number of furan rings is 1. The summed E-state index contributed by atoms with van der Waals surface area (Å²) in [4.78, 5) is 15.7. The van der Waals surface area contributed by atoms with Crippen LogP contribution in [0.15, 0.2) is 47.2 Å². The van der Waals surface area contributed by atoms with Crippen molar-refractivity contribution in [3.8, 4) is 0 Å². The van der Waals surface area contributed by atoms with Crippen LogP contribution in [-0.2, 0) is 4.79 Å². The standard InChI is InChI=1S/C14H13N3O2S/c1-10-6-7-15-12(9-10)16-14(20)17-13(18)5-4-11-3-2-8-19-11/h2-9H,1H3,(H2,15,16,17,18,20). The molecule has 6 heteroatoms. The molecule has 0 saturated heterocycles. The zero-order chi connectivity index (χ0) is 14.4. The van der Waals surface area contributed by atoms with Gasteiger partial charge in [-0.25, -0.2) is 4.98 Å². The molecule has 0 spiro atoms. The fraction of sp³-hybridized carbons (Fsp3) is 0.0714. The molecular formula is C14H13N3O2S. The number of amides is 1. The number of aromatic nitrogens is 1. The van der Waals surface area contributed by atoms with E-state index in [9.17, 15) is 4.79 Å². The molecule has 2 heterocycles. The summed E-state index contributed by atoms with van der Waals surface area (Å²) >= 11 is 5.03. The van der Waals surface area contributed by atoms with Gasteiger partial charge in [0.15, 0.2) is 5.11 Å². The molecule has 20 heavy (non-hydrogen) atoms. The van der Waals surface area contributed by atoms with Gasteiger partial charge in [-0.05, 0) is 55.0 Å². The van der Waals surface area contributed by atoms with Crippen LogP contribution in [0.2, 0.25) is 0 Å². The largest absolute Gasteiger partial charge is 0.465 e. The number of pyridine rings is 1. The van der Waals surface area contributed by atoms with E-state index in [1.54, 1.807) is 24.4 Å². The molecular weight excluding hydrogens is 274 g/mol. The van der Waals surface area contributed by atoms with Crippen molar-refractivity contribution in [1.29, 1.82) is 0 Å². The van der Waals surface area contributed by atoms with Gasteiger partial charge in [0.2, 0.25) is 5.91 Å². The predicted octanol–water partition coefficient (Wildman–Crippen LogP) is 2.51. The zero-order valence-electron chi connectivity index (χ0n) is 10.8. The molecule has 0 radical (unpaired) electrons. The molecule has 0 aliphatic carbocycles. The normalized spacial score (nSPS) is 10.4. The van der Waals surface area contributed by atoms with Crippen LogP contribution in [0, 0.1) is 6.92 Å². The third kappa shape index (κ3) is 4.33. The van der Waals surface area contributed by atoms with E-state index in [2.05, 4.69) is 15.6 Å². The summed E-state index contributed by atoms with van der Waals surface area (Å²) < 4.78 is 5.07. The lowest BCUT2D eigenvalue weighted by Gasteiger charge is -2.07. The Balaban J connectivity index is 1.86. The number of aryl methyl sites for hydroxylation is 1. The maximum absolute atomic E-state index is 11.6. The Morgan fingerprint density at radius 2 is 2.30 bits per heavy atom. The third-order valence-corrected chi connectivity index (χ3v) is 2.54. The first-order valence-corrected chi connectivity index (χ1v) is 6.30. The molecule has 2 aromatic rings. The molecule has 0 atom stereocenters. The molecule has 1 amide bonds. The van der Waals surface area contributed by atoms with Gasteiger partial charge in [0.1, 0.15) is 11.6 Å². The molecule has 0 bridgehead atoms. The smallest absolute Gasteiger partial charge is 0.250 e. The van der Waals surface area contributed by atoms with Crippen molar-refractivity contribution in [3.63, 3.8) is 0 Å². The predicted molar refractivity (Wildman–Crippen MR) is 81.1 cm³/mol. The molecule has 102 valence electrons. The van der Waals surface area contributed by atoms with Gasteiger partial charge in [0.05, 0.1) is 6.26 Å². The number of rotatable bonds is 3. The van der Waals surface area contributed by atoms with Crippen LogP contribution >= 0.6 is 12.2 Å². The van der Waals surface area contributed by atoms with Crippen molar-refractivity contribution in [2.75, 3.05) is 5.32 Å². The summed E-state index contributed by atoms with van der Waals surface area (Å²) in [7, 11) is 0. The number of hydrogen-bond donors (Lipinski definition) is 2. The zero-order valence-corrected chi connectivity index (χ0v) is 11.6. The van der Waals surface area contributed by atoms with Gasteiger partial charge in [0.25, 0.3) is 0 Å². The Bertz CT molecular complexity index is 636. The molecule has 0 aromatic carbocycles. The summed E-state index contributed by atoms with van der Waals surface area (Å²) in [6, 6.07) is 7.19. The minimum atomic E-state index is -0.341. The van der Waals surface area contributed by atoms with Gasteiger partial charge in [-0.3, -0.25) is 10.1 Å². The third-order valence-electron chi connectivity index (χ3n) is 2.34. The lowest BCUT2D eigenvalue weighted by molar-refractivity contribution is -0.115. The van der Waals surface area contributed by atoms with Gasteiger partial charge in [-0.2, -0.15) is 0 Å². The molecule has 0 aliphatic heterocycles. The van der Waals surface area contributed by atoms with Crippen molar-refractivity contribution in [2.24, 2.45) is 0 Å². The lowest BCUT2D eigenvalue weighted by atomic mass is 10.3. The van der Waals surface area contributed by atoms with Gasteiger partial charge in [0, 0.05) is 12.3 Å². The second-order valence-electron chi connectivity index (χ2n) is 4.01. The number of anilines is 1. The molecule has 0 unspecified atom stereocenters. The van der Waals surface area contributed by atoms with Crippen LogP contribution in [0.3, 0.4) is 0 Å². The summed E-state index contributed by atoms with van der Waals surface area (Å²) in [6.07, 6.45) is 6.10. The summed E-state index contributed by atoms with van der Waals surface area (Å²) in [6.45, 7) is 1.95. The van der Waals surface area contributed by atoms with Crippen molar-refractivity contribution in [1.82, 2.24) is 10.3 Å². The van der Waals surface area contributed by atoms with Gasteiger partial charge < -0.3 is 9.73 Å². The Labute approximate surface area is 121 Å². The number of nitrogens with one attached hydrogen (secondary N) is 2. The van der Waals surface area contributed by atoms with E-state index >= 15 is 0 Å². The monoisotopic (exact) mass is 287 g/mol. The maximum atomic E-state index is 11.6. The first-order chi connectivity index (χ1) is 9.63. The number of carbonyl (C=O) groups excluding carboxylic acids is 1. The summed E-state index contributed by atoms with van der Waals surface area (Å²) in [5, 5.41) is 5.55. The van der Waals surface area contributed by atoms with E-state index in [0.29, 0.717) is 11.6 Å². The van der Waals surface area contributed by atoms with E-state index in [1.165, 1.54) is 12.3 Å². The minimum Gasteiger partial charge on any atom is -0.465 e. The van der Waals surface area contributed by atoms with Crippen LogP contribution in [-0.4, -0.2) is 16.0 Å². The number of thiocarbonyl (C=S) groups is 1. The van der Waals surface area contributed by atoms with E-state index in [0.717, 1.165) is 5.56 Å². The quantitative estimate of drug-likeness (QED) is 0.670. The maximum Gasteiger partial charge on any atom is 0.250 e. The first kappa shape index (κ1) is 14.0. The van der Waals surface area contributed by atoms with Crippen LogP contribution in [0.25, 0.3) is 6.08 Å². The van der Waals surface area contributed by atoms with Gasteiger partial charge >= 0.3 is 0 Å². The highest BCUT2D eigenvalue weighted by molar-refractivity contribution is 7.80. The average molecular weight is 287 g/mol. The highest BCUT2D eigenvalue weighted by atomic mass is 32.1. The molecule has 2 rings (SSSR count). The Hall–Kier alpha value is -2.47. The number of nitrogens with zero attached hydrogens (tertiary/aromatic N) is 1. The Morgan fingerprint density at radius 3 is 3.00 bits per heavy atom. The fourth-order valence-corrected chi connectivity index (χ4v) is 1.65. The molecule has 2 aromatic heterocycles. The summed E-state index contributed by atoms with van der Waals surface area (Å²) in [5.41, 5.74) is 1.05.